The zero-order valence-electron chi connectivity index (χ0n) is 19.4. The van der Waals surface area contributed by atoms with Gasteiger partial charge in [-0.1, -0.05) is 42.6 Å². The molecule has 0 saturated heterocycles. The van der Waals surface area contributed by atoms with Crippen LogP contribution in [0.3, 0.4) is 0 Å². The highest BCUT2D eigenvalue weighted by Gasteiger charge is 2.42. The summed E-state index contributed by atoms with van der Waals surface area (Å²) in [5, 5.41) is 7.17. The van der Waals surface area contributed by atoms with Crippen LogP contribution in [0.2, 0.25) is 5.02 Å². The van der Waals surface area contributed by atoms with Crippen molar-refractivity contribution in [3.8, 4) is 11.5 Å². The summed E-state index contributed by atoms with van der Waals surface area (Å²) in [6, 6.07) is 14.1. The van der Waals surface area contributed by atoms with Gasteiger partial charge in [0.05, 0.1) is 11.3 Å². The zero-order chi connectivity index (χ0) is 23.8. The van der Waals surface area contributed by atoms with Crippen molar-refractivity contribution in [3.05, 3.63) is 76.1 Å². The molecule has 0 bridgehead atoms. The summed E-state index contributed by atoms with van der Waals surface area (Å²) >= 11 is 6.20. The molecule has 2 heterocycles. The smallest absolute Gasteiger partial charge is 0.255 e. The van der Waals surface area contributed by atoms with E-state index in [0.717, 1.165) is 61.1 Å². The van der Waals surface area contributed by atoms with Crippen molar-refractivity contribution in [1.29, 1.82) is 0 Å². The summed E-state index contributed by atoms with van der Waals surface area (Å²) in [6.45, 7) is 0.588. The van der Waals surface area contributed by atoms with Crippen LogP contribution in [0.1, 0.15) is 65.7 Å². The molecule has 0 unspecified atom stereocenters. The Kier molecular flexibility index (Phi) is 5.72. The molecule has 6 rings (SSSR count). The van der Waals surface area contributed by atoms with Gasteiger partial charge in [-0.25, -0.2) is 9.97 Å². The average Bonchev–Trinajstić information content (AvgIpc) is 3.35. The summed E-state index contributed by atoms with van der Waals surface area (Å²) in [5.74, 6) is 1.83. The van der Waals surface area contributed by atoms with Gasteiger partial charge in [-0.05, 0) is 61.1 Å². The monoisotopic (exact) mass is 490 g/mol. The topological polar surface area (TPSA) is 85.4 Å². The van der Waals surface area contributed by atoms with Crippen LogP contribution in [0.15, 0.2) is 48.7 Å². The van der Waals surface area contributed by atoms with Gasteiger partial charge in [0.15, 0.2) is 11.5 Å². The third-order valence-corrected chi connectivity index (χ3v) is 7.39. The second-order valence-corrected chi connectivity index (χ2v) is 9.98. The Balaban J connectivity index is 1.33. The number of aromatic nitrogens is 2. The molecule has 3 aliphatic rings. The number of amides is 1. The number of anilines is 1. The third-order valence-electron chi connectivity index (χ3n) is 7.14. The fourth-order valence-electron chi connectivity index (χ4n) is 5.13. The fourth-order valence-corrected chi connectivity index (χ4v) is 5.26. The molecule has 35 heavy (non-hydrogen) atoms. The van der Waals surface area contributed by atoms with Crippen molar-refractivity contribution in [2.45, 2.75) is 56.5 Å². The van der Waals surface area contributed by atoms with Crippen LogP contribution in [-0.2, 0) is 12.0 Å². The summed E-state index contributed by atoms with van der Waals surface area (Å²) in [6.07, 6.45) is 7.94. The van der Waals surface area contributed by atoms with Crippen LogP contribution in [0, 0.1) is 0 Å². The largest absolute Gasteiger partial charge is 0.454 e. The van der Waals surface area contributed by atoms with Crippen molar-refractivity contribution in [2.24, 2.45) is 0 Å². The summed E-state index contributed by atoms with van der Waals surface area (Å²) in [7, 11) is 0. The van der Waals surface area contributed by atoms with Gasteiger partial charge in [0.25, 0.3) is 5.91 Å². The van der Waals surface area contributed by atoms with Crippen LogP contribution >= 0.6 is 11.6 Å². The van der Waals surface area contributed by atoms with Crippen LogP contribution in [0.5, 0.6) is 11.5 Å². The first-order valence-corrected chi connectivity index (χ1v) is 12.6. The number of nitrogens with one attached hydrogen (secondary N) is 2. The molecule has 2 aromatic carbocycles. The molecule has 1 amide bonds. The lowest BCUT2D eigenvalue weighted by molar-refractivity contribution is 0.0947. The number of rotatable bonds is 7. The van der Waals surface area contributed by atoms with Gasteiger partial charge in [-0.3, -0.25) is 4.79 Å². The third kappa shape index (κ3) is 4.41. The second kappa shape index (κ2) is 9.04. The van der Waals surface area contributed by atoms with E-state index >= 15 is 0 Å². The van der Waals surface area contributed by atoms with E-state index in [9.17, 15) is 4.79 Å². The molecule has 2 N–H and O–H groups in total. The number of halogens is 1. The Labute approximate surface area is 209 Å². The van der Waals surface area contributed by atoms with Crippen molar-refractivity contribution in [2.75, 3.05) is 12.1 Å². The molecule has 8 heteroatoms. The molecular weight excluding hydrogens is 464 g/mol. The maximum absolute atomic E-state index is 13.5. The van der Waals surface area contributed by atoms with E-state index in [-0.39, 0.29) is 18.1 Å². The number of carbonyl (C=O) groups excluding carboxylic acids is 1. The van der Waals surface area contributed by atoms with Gasteiger partial charge in [0.1, 0.15) is 0 Å². The van der Waals surface area contributed by atoms with Gasteiger partial charge >= 0.3 is 0 Å². The van der Waals surface area contributed by atoms with Crippen molar-refractivity contribution in [1.82, 2.24) is 15.3 Å². The Morgan fingerprint density at radius 2 is 1.83 bits per heavy atom. The normalized spacial score (nSPS) is 17.9. The van der Waals surface area contributed by atoms with Crippen molar-refractivity contribution < 1.29 is 14.3 Å². The standard InChI is InChI=1S/C27H27ClN4O3/c28-19-6-4-18(5-7-19)27(11-1-2-12-27)24-21(15-30-26(32-24)31-20-8-9-20)25(33)29-14-17-3-10-22-23(13-17)35-16-34-22/h3-7,10,13,15,20H,1-2,8-9,11-12,14,16H2,(H,29,33)(H,30,31,32). The Bertz CT molecular complexity index is 1250. The molecule has 7 nitrogen and oxygen atoms in total. The first-order valence-electron chi connectivity index (χ1n) is 12.2. The maximum atomic E-state index is 13.5. The number of hydrogen-bond acceptors (Lipinski definition) is 6. The predicted molar refractivity (Wildman–Crippen MR) is 133 cm³/mol. The molecule has 0 atom stereocenters. The van der Waals surface area contributed by atoms with E-state index in [0.29, 0.717) is 34.9 Å². The molecule has 1 aliphatic heterocycles. The molecule has 0 spiro atoms. The number of ether oxygens (including phenoxy) is 2. The number of hydrogen-bond donors (Lipinski definition) is 2. The molecule has 180 valence electrons. The number of nitrogens with zero attached hydrogens (tertiary/aromatic N) is 2. The molecule has 1 aromatic heterocycles. The zero-order valence-corrected chi connectivity index (χ0v) is 20.1. The minimum atomic E-state index is -0.348. The van der Waals surface area contributed by atoms with Crippen molar-refractivity contribution in [3.63, 3.8) is 0 Å². The van der Waals surface area contributed by atoms with E-state index < -0.39 is 0 Å². The van der Waals surface area contributed by atoms with E-state index in [2.05, 4.69) is 27.8 Å². The lowest BCUT2D eigenvalue weighted by Crippen LogP contribution is -2.32. The highest BCUT2D eigenvalue weighted by molar-refractivity contribution is 6.30. The van der Waals surface area contributed by atoms with Gasteiger partial charge in [0.2, 0.25) is 12.7 Å². The number of carbonyl (C=O) groups is 1. The van der Waals surface area contributed by atoms with E-state index in [4.69, 9.17) is 26.1 Å². The number of benzene rings is 2. The first-order chi connectivity index (χ1) is 17.1. The van der Waals surface area contributed by atoms with Gasteiger partial charge in [-0.2, -0.15) is 0 Å². The van der Waals surface area contributed by atoms with Gasteiger partial charge in [0, 0.05) is 29.2 Å². The van der Waals surface area contributed by atoms with Gasteiger partial charge < -0.3 is 20.1 Å². The van der Waals surface area contributed by atoms with Crippen LogP contribution < -0.4 is 20.1 Å². The Morgan fingerprint density at radius 3 is 2.60 bits per heavy atom. The average molecular weight is 491 g/mol. The van der Waals surface area contributed by atoms with Gasteiger partial charge in [-0.15, -0.1) is 0 Å². The molecule has 3 aromatic rings. The summed E-state index contributed by atoms with van der Waals surface area (Å²) in [5.41, 5.74) is 3.03. The SMILES string of the molecule is O=C(NCc1ccc2c(c1)OCO2)c1cnc(NC2CC2)nc1C1(c2ccc(Cl)cc2)CCCC1. The lowest BCUT2D eigenvalue weighted by atomic mass is 9.74. The van der Waals surface area contributed by atoms with Crippen molar-refractivity contribution >= 4 is 23.5 Å². The fraction of sp³-hybridized carbons (Fsp3) is 0.370. The number of fused-ring (bicyclic) bond motifs is 1. The van der Waals surface area contributed by atoms with E-state index in [1.807, 2.05) is 30.3 Å². The molecular formula is C27H27ClN4O3. The minimum Gasteiger partial charge on any atom is -0.454 e. The highest BCUT2D eigenvalue weighted by atomic mass is 35.5. The van der Waals surface area contributed by atoms with Crippen LogP contribution in [0.4, 0.5) is 5.95 Å². The Morgan fingerprint density at radius 1 is 1.06 bits per heavy atom. The van der Waals surface area contributed by atoms with Crippen LogP contribution in [-0.4, -0.2) is 28.7 Å². The Hall–Kier alpha value is -3.32. The highest BCUT2D eigenvalue weighted by Crippen LogP contribution is 2.47. The molecule has 2 saturated carbocycles. The summed E-state index contributed by atoms with van der Waals surface area (Å²) in [4.78, 5) is 23.0. The molecule has 2 aliphatic carbocycles. The quantitative estimate of drug-likeness (QED) is 0.472. The van der Waals surface area contributed by atoms with E-state index in [1.165, 1.54) is 0 Å². The molecule has 0 radical (unpaired) electrons. The van der Waals surface area contributed by atoms with Crippen LogP contribution in [0.25, 0.3) is 0 Å². The second-order valence-electron chi connectivity index (χ2n) is 9.54. The minimum absolute atomic E-state index is 0.184. The van der Waals surface area contributed by atoms with E-state index in [1.54, 1.807) is 6.20 Å². The predicted octanol–water partition coefficient (Wildman–Crippen LogP) is 5.22. The summed E-state index contributed by atoms with van der Waals surface area (Å²) < 4.78 is 10.9. The molecule has 2 fully saturated rings. The lowest BCUT2D eigenvalue weighted by Gasteiger charge is -2.31. The maximum Gasteiger partial charge on any atom is 0.255 e. The first kappa shape index (κ1) is 22.2.